The predicted molar refractivity (Wildman–Crippen MR) is 117 cm³/mol. The quantitative estimate of drug-likeness (QED) is 0.749. The first-order valence-electron chi connectivity index (χ1n) is 10.8. The Morgan fingerprint density at radius 2 is 1.80 bits per heavy atom. The number of rotatable bonds is 5. The van der Waals surface area contributed by atoms with Crippen molar-refractivity contribution >= 4 is 29.3 Å². The fraction of sp³-hybridized carbons (Fsp3) is 0.609. The molecule has 2 N–H and O–H groups in total. The fourth-order valence-electron chi connectivity index (χ4n) is 4.52. The van der Waals surface area contributed by atoms with Gasteiger partial charge in [0.2, 0.25) is 17.7 Å². The summed E-state index contributed by atoms with van der Waals surface area (Å²) in [6.07, 6.45) is 5.36. The number of piperazine rings is 1. The molecular weight excluding hydrogens is 402 g/mol. The van der Waals surface area contributed by atoms with Crippen molar-refractivity contribution in [3.8, 4) is 0 Å². The van der Waals surface area contributed by atoms with Crippen molar-refractivity contribution in [2.24, 2.45) is 5.92 Å². The van der Waals surface area contributed by atoms with Crippen LogP contribution in [-0.4, -0.2) is 46.8 Å². The first-order valence-corrected chi connectivity index (χ1v) is 11.2. The van der Waals surface area contributed by atoms with Gasteiger partial charge in [-0.15, -0.1) is 0 Å². The second-order valence-electron chi connectivity index (χ2n) is 9.45. The maximum Gasteiger partial charge on any atom is 0.243 e. The van der Waals surface area contributed by atoms with Crippen LogP contribution >= 0.6 is 11.6 Å². The molecule has 2 atom stereocenters. The third-order valence-electron chi connectivity index (χ3n) is 5.85. The van der Waals surface area contributed by atoms with Crippen molar-refractivity contribution in [1.29, 1.82) is 0 Å². The van der Waals surface area contributed by atoms with E-state index in [0.717, 1.165) is 37.7 Å². The van der Waals surface area contributed by atoms with Crippen molar-refractivity contribution in [1.82, 2.24) is 15.5 Å². The summed E-state index contributed by atoms with van der Waals surface area (Å²) in [6.45, 7) is 5.72. The molecule has 1 unspecified atom stereocenters. The minimum atomic E-state index is -0.718. The number of benzene rings is 1. The molecule has 0 spiro atoms. The predicted octanol–water partition coefficient (Wildman–Crippen LogP) is 3.07. The Kier molecular flexibility index (Phi) is 7.06. The van der Waals surface area contributed by atoms with Crippen molar-refractivity contribution in [2.75, 3.05) is 6.54 Å². The van der Waals surface area contributed by atoms with Crippen LogP contribution in [0.15, 0.2) is 24.3 Å². The molecule has 1 heterocycles. The van der Waals surface area contributed by atoms with Crippen LogP contribution in [0.2, 0.25) is 5.02 Å². The third kappa shape index (κ3) is 5.54. The van der Waals surface area contributed by atoms with E-state index >= 15 is 0 Å². The number of carbonyl (C=O) groups excluding carboxylic acids is 3. The van der Waals surface area contributed by atoms with Gasteiger partial charge in [-0.1, -0.05) is 43.0 Å². The van der Waals surface area contributed by atoms with Gasteiger partial charge >= 0.3 is 0 Å². The molecule has 1 aliphatic heterocycles. The van der Waals surface area contributed by atoms with E-state index in [-0.39, 0.29) is 30.2 Å². The van der Waals surface area contributed by atoms with Crippen molar-refractivity contribution in [3.63, 3.8) is 0 Å². The van der Waals surface area contributed by atoms with Gasteiger partial charge < -0.3 is 15.5 Å². The molecule has 1 saturated carbocycles. The highest BCUT2D eigenvalue weighted by atomic mass is 35.5. The Hall–Kier alpha value is -2.08. The van der Waals surface area contributed by atoms with Crippen LogP contribution in [0.5, 0.6) is 0 Å². The highest BCUT2D eigenvalue weighted by Crippen LogP contribution is 2.32. The first kappa shape index (κ1) is 22.6. The number of hydrogen-bond acceptors (Lipinski definition) is 3. The topological polar surface area (TPSA) is 78.5 Å². The summed E-state index contributed by atoms with van der Waals surface area (Å²) in [5.41, 5.74) is 0.481. The van der Waals surface area contributed by atoms with Crippen LogP contribution < -0.4 is 10.6 Å². The number of amides is 3. The first-order chi connectivity index (χ1) is 14.2. The van der Waals surface area contributed by atoms with E-state index in [2.05, 4.69) is 10.6 Å². The highest BCUT2D eigenvalue weighted by Gasteiger charge is 2.45. The lowest BCUT2D eigenvalue weighted by atomic mass is 9.81. The Bertz CT molecular complexity index is 782. The van der Waals surface area contributed by atoms with Crippen molar-refractivity contribution in [3.05, 3.63) is 34.9 Å². The maximum absolute atomic E-state index is 13.4. The average Bonchev–Trinajstić information content (AvgIpc) is 2.68. The Balaban J connectivity index is 1.95. The molecule has 1 aromatic carbocycles. The molecule has 1 saturated heterocycles. The van der Waals surface area contributed by atoms with E-state index in [1.807, 2.05) is 32.9 Å². The molecule has 3 rings (SSSR count). The molecular formula is C23H32ClN3O3. The number of nitrogens with one attached hydrogen (secondary N) is 2. The molecule has 0 bridgehead atoms. The van der Waals surface area contributed by atoms with E-state index in [0.29, 0.717) is 11.4 Å². The van der Waals surface area contributed by atoms with E-state index in [4.69, 9.17) is 11.6 Å². The largest absolute Gasteiger partial charge is 0.350 e. The molecule has 164 valence electrons. The smallest absolute Gasteiger partial charge is 0.243 e. The third-order valence-corrected chi connectivity index (χ3v) is 6.10. The van der Waals surface area contributed by atoms with Crippen LogP contribution in [0.4, 0.5) is 0 Å². The molecule has 7 heteroatoms. The van der Waals surface area contributed by atoms with Gasteiger partial charge in [-0.2, -0.15) is 0 Å². The molecule has 6 nitrogen and oxygen atoms in total. The standard InChI is InChI=1S/C23H32ClN3O3/c1-23(2,3)26-22(30)20(16-7-5-4-6-8-16)27-18(21(29)25-14-19(27)28)13-15-9-11-17(24)12-10-15/h9-12,16,18,20H,4-8,13-14H2,1-3H3,(H,25,29)(H,26,30)/t18-,20?/m0/s1. The van der Waals surface area contributed by atoms with Gasteiger partial charge in [0.05, 0.1) is 6.54 Å². The van der Waals surface area contributed by atoms with E-state index in [1.54, 1.807) is 17.0 Å². The molecule has 0 radical (unpaired) electrons. The summed E-state index contributed by atoms with van der Waals surface area (Å²) < 4.78 is 0. The van der Waals surface area contributed by atoms with Crippen LogP contribution in [-0.2, 0) is 20.8 Å². The fourth-order valence-corrected chi connectivity index (χ4v) is 4.64. The molecule has 2 fully saturated rings. The molecule has 2 aliphatic rings. The van der Waals surface area contributed by atoms with Crippen LogP contribution in [0.25, 0.3) is 0 Å². The van der Waals surface area contributed by atoms with Gasteiger partial charge in [0.15, 0.2) is 0 Å². The van der Waals surface area contributed by atoms with Gasteiger partial charge in [-0.25, -0.2) is 0 Å². The summed E-state index contributed by atoms with van der Waals surface area (Å²) in [5.74, 6) is -0.524. The highest BCUT2D eigenvalue weighted by molar-refractivity contribution is 6.30. The monoisotopic (exact) mass is 433 g/mol. The zero-order chi connectivity index (χ0) is 21.9. The van der Waals surface area contributed by atoms with Crippen LogP contribution in [0, 0.1) is 5.92 Å². The van der Waals surface area contributed by atoms with Crippen LogP contribution in [0.3, 0.4) is 0 Å². The van der Waals surface area contributed by atoms with E-state index in [9.17, 15) is 14.4 Å². The van der Waals surface area contributed by atoms with Crippen molar-refractivity contribution in [2.45, 2.75) is 76.9 Å². The summed E-state index contributed by atoms with van der Waals surface area (Å²) in [6, 6.07) is 5.91. The molecule has 0 aromatic heterocycles. The average molecular weight is 434 g/mol. The lowest BCUT2D eigenvalue weighted by Gasteiger charge is -2.44. The summed E-state index contributed by atoms with van der Waals surface area (Å²) >= 11 is 5.99. The number of halogens is 1. The second-order valence-corrected chi connectivity index (χ2v) is 9.88. The molecule has 30 heavy (non-hydrogen) atoms. The van der Waals surface area contributed by atoms with E-state index < -0.39 is 17.6 Å². The Morgan fingerprint density at radius 1 is 1.17 bits per heavy atom. The van der Waals surface area contributed by atoms with Gasteiger partial charge in [0, 0.05) is 17.0 Å². The molecule has 1 aliphatic carbocycles. The van der Waals surface area contributed by atoms with Gasteiger partial charge in [-0.3, -0.25) is 14.4 Å². The van der Waals surface area contributed by atoms with Gasteiger partial charge in [0.25, 0.3) is 0 Å². The van der Waals surface area contributed by atoms with E-state index in [1.165, 1.54) is 0 Å². The van der Waals surface area contributed by atoms with Gasteiger partial charge in [-0.05, 0) is 57.2 Å². The lowest BCUT2D eigenvalue weighted by Crippen LogP contribution is -2.67. The number of carbonyl (C=O) groups is 3. The maximum atomic E-state index is 13.4. The SMILES string of the molecule is CC(C)(C)NC(=O)C(C1CCCCC1)N1C(=O)CNC(=O)[C@@H]1Cc1ccc(Cl)cc1. The molecule has 1 aromatic rings. The Labute approximate surface area is 183 Å². The van der Waals surface area contributed by atoms with Crippen molar-refractivity contribution < 1.29 is 14.4 Å². The molecule has 3 amide bonds. The Morgan fingerprint density at radius 3 is 2.40 bits per heavy atom. The zero-order valence-corrected chi connectivity index (χ0v) is 18.8. The summed E-state index contributed by atoms with van der Waals surface area (Å²) in [4.78, 5) is 40.9. The zero-order valence-electron chi connectivity index (χ0n) is 18.0. The minimum Gasteiger partial charge on any atom is -0.350 e. The lowest BCUT2D eigenvalue weighted by molar-refractivity contribution is -0.154. The van der Waals surface area contributed by atoms with Crippen LogP contribution in [0.1, 0.15) is 58.4 Å². The normalized spacial score (nSPS) is 21.9. The van der Waals surface area contributed by atoms with Gasteiger partial charge in [0.1, 0.15) is 12.1 Å². The summed E-state index contributed by atoms with van der Waals surface area (Å²) in [5, 5.41) is 6.37. The summed E-state index contributed by atoms with van der Waals surface area (Å²) in [7, 11) is 0. The second kappa shape index (κ2) is 9.38. The number of nitrogens with zero attached hydrogens (tertiary/aromatic N) is 1. The number of hydrogen-bond donors (Lipinski definition) is 2. The minimum absolute atomic E-state index is 0.0590.